The van der Waals surface area contributed by atoms with Crippen LogP contribution in [0.25, 0.3) is 11.4 Å². The molecule has 0 aliphatic carbocycles. The van der Waals surface area contributed by atoms with Gasteiger partial charge in [-0.2, -0.15) is 4.98 Å². The van der Waals surface area contributed by atoms with Crippen molar-refractivity contribution in [1.29, 1.82) is 0 Å². The van der Waals surface area contributed by atoms with Crippen LogP contribution in [0.3, 0.4) is 0 Å². The summed E-state index contributed by atoms with van der Waals surface area (Å²) >= 11 is 0. The van der Waals surface area contributed by atoms with Gasteiger partial charge in [-0.15, -0.1) is 0 Å². The third-order valence-corrected chi connectivity index (χ3v) is 3.46. The molecule has 0 atom stereocenters. The lowest BCUT2D eigenvalue weighted by molar-refractivity contribution is -0.0228. The van der Waals surface area contributed by atoms with Crippen molar-refractivity contribution in [2.75, 3.05) is 13.1 Å². The molecule has 7 heteroatoms. The van der Waals surface area contributed by atoms with Crippen LogP contribution in [0, 0.1) is 5.82 Å². The number of phenols is 1. The number of hydrogen-bond donors (Lipinski definition) is 3. The number of aliphatic hydroxyl groups is 1. The van der Waals surface area contributed by atoms with Crippen LogP contribution in [0.5, 0.6) is 5.75 Å². The van der Waals surface area contributed by atoms with Crippen molar-refractivity contribution < 1.29 is 19.1 Å². The predicted octanol–water partition coefficient (Wildman–Crippen LogP) is 1.15. The summed E-state index contributed by atoms with van der Waals surface area (Å²) in [7, 11) is 0. The van der Waals surface area contributed by atoms with E-state index in [1.54, 1.807) is 0 Å². The Morgan fingerprint density at radius 1 is 1.30 bits per heavy atom. The number of aromatic nitrogens is 2. The van der Waals surface area contributed by atoms with Gasteiger partial charge in [-0.05, 0) is 44.1 Å². The number of nitrogens with one attached hydrogen (secondary N) is 1. The Kier molecular flexibility index (Phi) is 3.15. The molecule has 20 heavy (non-hydrogen) atoms. The second-order valence-corrected chi connectivity index (χ2v) is 4.87. The Hall–Kier alpha value is -1.99. The van der Waals surface area contributed by atoms with Gasteiger partial charge in [-0.1, -0.05) is 5.16 Å². The van der Waals surface area contributed by atoms with Crippen molar-refractivity contribution in [1.82, 2.24) is 15.5 Å². The van der Waals surface area contributed by atoms with Gasteiger partial charge in [-0.3, -0.25) is 0 Å². The molecular weight excluding hydrogens is 265 g/mol. The van der Waals surface area contributed by atoms with E-state index in [-0.39, 0.29) is 11.7 Å². The number of nitrogens with zero attached hydrogens (tertiary/aromatic N) is 2. The first-order chi connectivity index (χ1) is 9.58. The zero-order valence-corrected chi connectivity index (χ0v) is 10.6. The van der Waals surface area contributed by atoms with Crippen LogP contribution in [-0.4, -0.2) is 33.4 Å². The SMILES string of the molecule is Oc1ccc(-c2noc(C3(O)CCNCC3)n2)cc1F. The molecule has 0 amide bonds. The van der Waals surface area contributed by atoms with Crippen molar-refractivity contribution in [3.05, 3.63) is 29.9 Å². The first-order valence-electron chi connectivity index (χ1n) is 6.35. The molecule has 106 valence electrons. The molecule has 0 spiro atoms. The molecule has 0 bridgehead atoms. The highest BCUT2D eigenvalue weighted by Crippen LogP contribution is 2.31. The fraction of sp³-hybridized carbons (Fsp3) is 0.385. The van der Waals surface area contributed by atoms with Crippen LogP contribution in [0.4, 0.5) is 4.39 Å². The van der Waals surface area contributed by atoms with E-state index in [1.165, 1.54) is 12.1 Å². The van der Waals surface area contributed by atoms with Gasteiger partial charge in [0.2, 0.25) is 5.82 Å². The lowest BCUT2D eigenvalue weighted by atomic mass is 9.92. The summed E-state index contributed by atoms with van der Waals surface area (Å²) in [6.45, 7) is 1.34. The minimum absolute atomic E-state index is 0.141. The Balaban J connectivity index is 1.91. The largest absolute Gasteiger partial charge is 0.505 e. The second kappa shape index (κ2) is 4.84. The third-order valence-electron chi connectivity index (χ3n) is 3.46. The van der Waals surface area contributed by atoms with Gasteiger partial charge in [0.15, 0.2) is 11.6 Å². The maximum absolute atomic E-state index is 13.3. The molecule has 3 N–H and O–H groups in total. The van der Waals surface area contributed by atoms with Crippen molar-refractivity contribution in [2.24, 2.45) is 0 Å². The summed E-state index contributed by atoms with van der Waals surface area (Å²) < 4.78 is 18.4. The number of halogens is 1. The maximum Gasteiger partial charge on any atom is 0.259 e. The zero-order valence-electron chi connectivity index (χ0n) is 10.6. The molecule has 0 unspecified atom stereocenters. The highest BCUT2D eigenvalue weighted by molar-refractivity contribution is 5.55. The van der Waals surface area contributed by atoms with Crippen LogP contribution in [0.15, 0.2) is 22.7 Å². The number of piperidine rings is 1. The summed E-state index contributed by atoms with van der Waals surface area (Å²) in [5.74, 6) is -0.864. The summed E-state index contributed by atoms with van der Waals surface area (Å²) in [5, 5.41) is 26.5. The highest BCUT2D eigenvalue weighted by atomic mass is 19.1. The van der Waals surface area contributed by atoms with Crippen LogP contribution >= 0.6 is 0 Å². The highest BCUT2D eigenvalue weighted by Gasteiger charge is 2.37. The second-order valence-electron chi connectivity index (χ2n) is 4.87. The molecule has 1 aliphatic heterocycles. The van der Waals surface area contributed by atoms with Gasteiger partial charge >= 0.3 is 0 Å². The minimum Gasteiger partial charge on any atom is -0.505 e. The van der Waals surface area contributed by atoms with Crippen molar-refractivity contribution in [2.45, 2.75) is 18.4 Å². The molecule has 2 heterocycles. The minimum atomic E-state index is -1.13. The number of benzene rings is 1. The first kappa shape index (κ1) is 13.0. The molecule has 1 fully saturated rings. The Labute approximate surface area is 114 Å². The van der Waals surface area contributed by atoms with E-state index in [4.69, 9.17) is 9.63 Å². The van der Waals surface area contributed by atoms with E-state index in [9.17, 15) is 9.50 Å². The molecule has 1 aromatic heterocycles. The van der Waals surface area contributed by atoms with Gasteiger partial charge in [0.1, 0.15) is 5.60 Å². The first-order valence-corrected chi connectivity index (χ1v) is 6.35. The number of phenolic OH excluding ortho intramolecular Hbond substituents is 1. The van der Waals surface area contributed by atoms with Gasteiger partial charge in [0.25, 0.3) is 5.89 Å². The Bertz CT molecular complexity index is 623. The topological polar surface area (TPSA) is 91.4 Å². The standard InChI is InChI=1S/C13H14FN3O3/c14-9-7-8(1-2-10(9)18)11-16-12(20-17-11)13(19)3-5-15-6-4-13/h1-2,7,15,18-19H,3-6H2. The third kappa shape index (κ3) is 2.25. The number of aromatic hydroxyl groups is 1. The van der Waals surface area contributed by atoms with Gasteiger partial charge < -0.3 is 20.1 Å². The van der Waals surface area contributed by atoms with E-state index < -0.39 is 17.2 Å². The molecule has 2 aromatic rings. The van der Waals surface area contributed by atoms with Crippen molar-refractivity contribution >= 4 is 0 Å². The van der Waals surface area contributed by atoms with Gasteiger partial charge in [0.05, 0.1) is 0 Å². The lowest BCUT2D eigenvalue weighted by Crippen LogP contribution is -2.39. The predicted molar refractivity (Wildman–Crippen MR) is 67.4 cm³/mol. The maximum atomic E-state index is 13.3. The average molecular weight is 279 g/mol. The van der Waals surface area contributed by atoms with Crippen LogP contribution in [0.2, 0.25) is 0 Å². The summed E-state index contributed by atoms with van der Waals surface area (Å²) in [6.07, 6.45) is 0.969. The van der Waals surface area contributed by atoms with E-state index in [2.05, 4.69) is 15.5 Å². The van der Waals surface area contributed by atoms with E-state index in [1.807, 2.05) is 0 Å². The monoisotopic (exact) mass is 279 g/mol. The number of hydrogen-bond acceptors (Lipinski definition) is 6. The summed E-state index contributed by atoms with van der Waals surface area (Å²) in [6, 6.07) is 3.83. The van der Waals surface area contributed by atoms with Crippen LogP contribution in [-0.2, 0) is 5.60 Å². The Morgan fingerprint density at radius 3 is 2.75 bits per heavy atom. The molecule has 1 aliphatic rings. The molecule has 1 aromatic carbocycles. The van der Waals surface area contributed by atoms with E-state index >= 15 is 0 Å². The molecule has 1 saturated heterocycles. The van der Waals surface area contributed by atoms with Crippen molar-refractivity contribution in [3.8, 4) is 17.1 Å². The molecule has 0 radical (unpaired) electrons. The zero-order chi connectivity index (χ0) is 14.2. The van der Waals surface area contributed by atoms with E-state index in [0.29, 0.717) is 31.5 Å². The molecule has 3 rings (SSSR count). The fourth-order valence-electron chi connectivity index (χ4n) is 2.23. The normalized spacial score (nSPS) is 18.1. The van der Waals surface area contributed by atoms with Gasteiger partial charge in [-0.25, -0.2) is 4.39 Å². The number of rotatable bonds is 2. The fourth-order valence-corrected chi connectivity index (χ4v) is 2.23. The van der Waals surface area contributed by atoms with Gasteiger partial charge in [0, 0.05) is 5.56 Å². The smallest absolute Gasteiger partial charge is 0.259 e. The molecule has 6 nitrogen and oxygen atoms in total. The Morgan fingerprint density at radius 2 is 2.05 bits per heavy atom. The van der Waals surface area contributed by atoms with Crippen molar-refractivity contribution in [3.63, 3.8) is 0 Å². The molecule has 0 saturated carbocycles. The lowest BCUT2D eigenvalue weighted by Gasteiger charge is -2.28. The van der Waals surface area contributed by atoms with Crippen LogP contribution in [0.1, 0.15) is 18.7 Å². The average Bonchev–Trinajstić information content (AvgIpc) is 2.93. The summed E-state index contributed by atoms with van der Waals surface area (Å²) in [5.41, 5.74) is -0.751. The molecular formula is C13H14FN3O3. The quantitative estimate of drug-likeness (QED) is 0.764. The van der Waals surface area contributed by atoms with Crippen LogP contribution < -0.4 is 5.32 Å². The van der Waals surface area contributed by atoms with E-state index in [0.717, 1.165) is 6.07 Å². The summed E-state index contributed by atoms with van der Waals surface area (Å²) in [4.78, 5) is 4.14.